The standard InChI is InChI=1S/C19H22N2O/c1-4-13-9-14(10-16-12(3)19(22)21-18(13)16)17(20)15-8-6-5-7-11(15)2/h5-10,12,17H,4,20H2,1-3H3,(H,21,22). The Morgan fingerprint density at radius 3 is 2.68 bits per heavy atom. The van der Waals surface area contributed by atoms with Gasteiger partial charge in [0.2, 0.25) is 5.91 Å². The van der Waals surface area contributed by atoms with Crippen molar-refractivity contribution in [3.63, 3.8) is 0 Å². The minimum absolute atomic E-state index is 0.0753. The highest BCUT2D eigenvalue weighted by molar-refractivity contribution is 6.03. The maximum atomic E-state index is 12.0. The summed E-state index contributed by atoms with van der Waals surface area (Å²) < 4.78 is 0. The van der Waals surface area contributed by atoms with Crippen LogP contribution in [0.2, 0.25) is 0 Å². The Kier molecular flexibility index (Phi) is 3.75. The fourth-order valence-electron chi connectivity index (χ4n) is 3.19. The van der Waals surface area contributed by atoms with Gasteiger partial charge in [-0.25, -0.2) is 0 Å². The van der Waals surface area contributed by atoms with Gasteiger partial charge in [0.25, 0.3) is 0 Å². The largest absolute Gasteiger partial charge is 0.325 e. The molecule has 1 aliphatic heterocycles. The number of carbonyl (C=O) groups is 1. The Labute approximate surface area is 131 Å². The Morgan fingerprint density at radius 2 is 2.00 bits per heavy atom. The smallest absolute Gasteiger partial charge is 0.231 e. The molecule has 0 aliphatic carbocycles. The van der Waals surface area contributed by atoms with E-state index in [9.17, 15) is 4.79 Å². The van der Waals surface area contributed by atoms with Gasteiger partial charge in [0.05, 0.1) is 12.0 Å². The van der Waals surface area contributed by atoms with Crippen LogP contribution in [-0.2, 0) is 11.2 Å². The second-order valence-electron chi connectivity index (χ2n) is 6.04. The zero-order valence-corrected chi connectivity index (χ0v) is 13.3. The van der Waals surface area contributed by atoms with E-state index in [2.05, 4.69) is 43.4 Å². The maximum Gasteiger partial charge on any atom is 0.231 e. The first-order valence-corrected chi connectivity index (χ1v) is 7.81. The van der Waals surface area contributed by atoms with E-state index >= 15 is 0 Å². The maximum absolute atomic E-state index is 12.0. The Balaban J connectivity index is 2.10. The summed E-state index contributed by atoms with van der Waals surface area (Å²) >= 11 is 0. The second kappa shape index (κ2) is 5.58. The van der Waals surface area contributed by atoms with Gasteiger partial charge in [0.15, 0.2) is 0 Å². The van der Waals surface area contributed by atoms with E-state index in [0.717, 1.165) is 34.4 Å². The minimum atomic E-state index is -0.167. The molecule has 0 spiro atoms. The monoisotopic (exact) mass is 294 g/mol. The van der Waals surface area contributed by atoms with Crippen LogP contribution in [0.5, 0.6) is 0 Å². The molecule has 3 nitrogen and oxygen atoms in total. The number of amides is 1. The van der Waals surface area contributed by atoms with Gasteiger partial charge >= 0.3 is 0 Å². The van der Waals surface area contributed by atoms with Crippen molar-refractivity contribution in [2.45, 2.75) is 39.2 Å². The Hall–Kier alpha value is -2.13. The molecular weight excluding hydrogens is 272 g/mol. The number of hydrogen-bond donors (Lipinski definition) is 2. The summed E-state index contributed by atoms with van der Waals surface area (Å²) in [5.41, 5.74) is 13.1. The first kappa shape index (κ1) is 14.8. The van der Waals surface area contributed by atoms with E-state index in [-0.39, 0.29) is 17.9 Å². The molecule has 2 aromatic rings. The molecule has 0 saturated carbocycles. The zero-order chi connectivity index (χ0) is 15.9. The van der Waals surface area contributed by atoms with Crippen LogP contribution >= 0.6 is 0 Å². The minimum Gasteiger partial charge on any atom is -0.325 e. The zero-order valence-electron chi connectivity index (χ0n) is 13.3. The fourth-order valence-corrected chi connectivity index (χ4v) is 3.19. The van der Waals surface area contributed by atoms with E-state index in [1.54, 1.807) is 0 Å². The highest BCUT2D eigenvalue weighted by Gasteiger charge is 2.29. The molecule has 3 rings (SSSR count). The van der Waals surface area contributed by atoms with Crippen LogP contribution in [0.4, 0.5) is 5.69 Å². The van der Waals surface area contributed by atoms with E-state index < -0.39 is 0 Å². The third-order valence-electron chi connectivity index (χ3n) is 4.64. The normalized spacial score (nSPS) is 18.0. The number of carbonyl (C=O) groups excluding carboxylic acids is 1. The number of hydrogen-bond acceptors (Lipinski definition) is 2. The quantitative estimate of drug-likeness (QED) is 0.907. The van der Waals surface area contributed by atoms with Crippen molar-refractivity contribution in [3.8, 4) is 0 Å². The third kappa shape index (κ3) is 2.32. The van der Waals surface area contributed by atoms with Gasteiger partial charge in [0, 0.05) is 5.69 Å². The summed E-state index contributed by atoms with van der Waals surface area (Å²) in [5.74, 6) is -0.0318. The molecule has 0 radical (unpaired) electrons. The van der Waals surface area contributed by atoms with Gasteiger partial charge < -0.3 is 11.1 Å². The molecule has 0 fully saturated rings. The lowest BCUT2D eigenvalue weighted by Gasteiger charge is -2.18. The number of benzene rings is 2. The molecule has 1 amide bonds. The first-order valence-electron chi connectivity index (χ1n) is 7.81. The molecule has 114 valence electrons. The molecule has 1 heterocycles. The van der Waals surface area contributed by atoms with Gasteiger partial charge in [-0.15, -0.1) is 0 Å². The van der Waals surface area contributed by atoms with Gasteiger partial charge in [0.1, 0.15) is 0 Å². The SMILES string of the molecule is CCc1cc(C(N)c2ccccc2C)cc2c1NC(=O)C2C. The number of nitrogens with two attached hydrogens (primary N) is 1. The van der Waals surface area contributed by atoms with Crippen LogP contribution < -0.4 is 11.1 Å². The van der Waals surface area contributed by atoms with Crippen LogP contribution in [0.1, 0.15) is 53.6 Å². The highest BCUT2D eigenvalue weighted by Crippen LogP contribution is 2.38. The van der Waals surface area contributed by atoms with Gasteiger partial charge in [-0.1, -0.05) is 43.3 Å². The molecule has 22 heavy (non-hydrogen) atoms. The van der Waals surface area contributed by atoms with Crippen LogP contribution in [-0.4, -0.2) is 5.91 Å². The topological polar surface area (TPSA) is 55.1 Å². The molecule has 0 aromatic heterocycles. The van der Waals surface area contributed by atoms with Crippen molar-refractivity contribution in [2.24, 2.45) is 5.73 Å². The lowest BCUT2D eigenvalue weighted by molar-refractivity contribution is -0.116. The van der Waals surface area contributed by atoms with Crippen molar-refractivity contribution in [2.75, 3.05) is 5.32 Å². The van der Waals surface area contributed by atoms with Gasteiger partial charge in [-0.05, 0) is 48.1 Å². The summed E-state index contributed by atoms with van der Waals surface area (Å²) in [4.78, 5) is 12.0. The summed E-state index contributed by atoms with van der Waals surface area (Å²) in [5, 5.41) is 3.00. The number of nitrogens with one attached hydrogen (secondary N) is 1. The predicted octanol–water partition coefficient (Wildman–Crippen LogP) is 3.66. The molecular formula is C19H22N2O. The van der Waals surface area contributed by atoms with Crippen molar-refractivity contribution in [1.82, 2.24) is 0 Å². The number of anilines is 1. The predicted molar refractivity (Wildman–Crippen MR) is 90.1 cm³/mol. The van der Waals surface area contributed by atoms with E-state index in [4.69, 9.17) is 5.73 Å². The first-order chi connectivity index (χ1) is 10.5. The van der Waals surface area contributed by atoms with Crippen LogP contribution in [0.3, 0.4) is 0 Å². The molecule has 3 heteroatoms. The lowest BCUT2D eigenvalue weighted by Crippen LogP contribution is -2.14. The third-order valence-corrected chi connectivity index (χ3v) is 4.64. The second-order valence-corrected chi connectivity index (χ2v) is 6.04. The van der Waals surface area contributed by atoms with Crippen LogP contribution in [0.15, 0.2) is 36.4 Å². The number of aryl methyl sites for hydroxylation is 2. The van der Waals surface area contributed by atoms with E-state index in [1.165, 1.54) is 5.56 Å². The average molecular weight is 294 g/mol. The molecule has 1 aliphatic rings. The Bertz CT molecular complexity index is 736. The van der Waals surface area contributed by atoms with Gasteiger partial charge in [-0.2, -0.15) is 0 Å². The molecule has 0 saturated heterocycles. The molecule has 3 N–H and O–H groups in total. The molecule has 2 atom stereocenters. The average Bonchev–Trinajstić information content (AvgIpc) is 2.81. The summed E-state index contributed by atoms with van der Waals surface area (Å²) in [6, 6.07) is 12.3. The van der Waals surface area contributed by atoms with E-state index in [1.807, 2.05) is 19.1 Å². The van der Waals surface area contributed by atoms with Crippen LogP contribution in [0.25, 0.3) is 0 Å². The molecule has 2 aromatic carbocycles. The van der Waals surface area contributed by atoms with Crippen LogP contribution in [0, 0.1) is 6.92 Å². The summed E-state index contributed by atoms with van der Waals surface area (Å²) in [6.45, 7) is 6.13. The fraction of sp³-hybridized carbons (Fsp3) is 0.316. The molecule has 0 bridgehead atoms. The van der Waals surface area contributed by atoms with E-state index in [0.29, 0.717) is 0 Å². The van der Waals surface area contributed by atoms with Crippen molar-refractivity contribution in [1.29, 1.82) is 0 Å². The lowest BCUT2D eigenvalue weighted by atomic mass is 9.90. The highest BCUT2D eigenvalue weighted by atomic mass is 16.2. The van der Waals surface area contributed by atoms with Crippen molar-refractivity contribution < 1.29 is 4.79 Å². The number of fused-ring (bicyclic) bond motifs is 1. The van der Waals surface area contributed by atoms with Crippen molar-refractivity contribution in [3.05, 3.63) is 64.2 Å². The summed E-state index contributed by atoms with van der Waals surface area (Å²) in [6.07, 6.45) is 0.879. The van der Waals surface area contributed by atoms with Gasteiger partial charge in [-0.3, -0.25) is 4.79 Å². The molecule has 2 unspecified atom stereocenters. The number of rotatable bonds is 3. The summed E-state index contributed by atoms with van der Waals surface area (Å²) in [7, 11) is 0. The Morgan fingerprint density at radius 1 is 1.27 bits per heavy atom. The van der Waals surface area contributed by atoms with Crippen molar-refractivity contribution >= 4 is 11.6 Å².